The van der Waals surface area contributed by atoms with Gasteiger partial charge in [-0.1, -0.05) is 24.3 Å². The molecule has 15 heteroatoms. The molecule has 1 fully saturated rings. The lowest BCUT2D eigenvalue weighted by Gasteiger charge is -2.35. The van der Waals surface area contributed by atoms with Gasteiger partial charge in [0.1, 0.15) is 17.8 Å². The van der Waals surface area contributed by atoms with Crippen LogP contribution in [-0.2, 0) is 52.9 Å². The van der Waals surface area contributed by atoms with E-state index in [1.54, 1.807) is 41.3 Å². The Morgan fingerprint density at radius 3 is 2.54 bits per heavy atom. The standard InChI is InChI=1S/C35H47N7O8/c36-13-18-49-19-15-38-34(47)28-12-14-37-30(43)10-11-33(46)42-16-4-3-8-26(42)21-32(45)41-29(22-27-9-5-17-50-27)35(48)39-23-25-7-2-1-6-24(25)20-31(44)40-28/h1-2,5-7,9-11,17,26,28-29H,3-4,8,12-16,18-23,36H2,(H,37,43)(H,38,47)(H,39,48)(H,40,44)(H,41,45)/b11-10+/t26-,28-,29-/m0/s1. The van der Waals surface area contributed by atoms with Gasteiger partial charge in [0.15, 0.2) is 0 Å². The predicted octanol–water partition coefficient (Wildman–Crippen LogP) is -0.411. The molecule has 270 valence electrons. The molecular weight excluding hydrogens is 646 g/mol. The Balaban J connectivity index is 1.55. The second-order valence-electron chi connectivity index (χ2n) is 12.2. The summed E-state index contributed by atoms with van der Waals surface area (Å²) < 4.78 is 10.8. The summed E-state index contributed by atoms with van der Waals surface area (Å²) >= 11 is 0. The number of ether oxygens (including phenoxy) is 1. The highest BCUT2D eigenvalue weighted by atomic mass is 16.5. The van der Waals surface area contributed by atoms with Crippen LogP contribution in [0.1, 0.15) is 49.0 Å². The maximum atomic E-state index is 13.5. The highest BCUT2D eigenvalue weighted by molar-refractivity contribution is 5.97. The van der Waals surface area contributed by atoms with E-state index in [2.05, 4.69) is 26.6 Å². The van der Waals surface area contributed by atoms with Gasteiger partial charge in [0.2, 0.25) is 35.4 Å². The lowest BCUT2D eigenvalue weighted by Crippen LogP contribution is -2.51. The van der Waals surface area contributed by atoms with Gasteiger partial charge in [0.25, 0.3) is 0 Å². The summed E-state index contributed by atoms with van der Waals surface area (Å²) in [4.78, 5) is 80.5. The molecule has 4 rings (SSSR count). The van der Waals surface area contributed by atoms with Gasteiger partial charge in [0.05, 0.1) is 25.9 Å². The molecular formula is C35H47N7O8. The molecule has 1 aromatic heterocycles. The Labute approximate surface area is 291 Å². The van der Waals surface area contributed by atoms with Crippen molar-refractivity contribution in [3.8, 4) is 0 Å². The normalized spacial score (nSPS) is 22.3. The minimum absolute atomic E-state index is 0.0196. The fourth-order valence-corrected chi connectivity index (χ4v) is 5.90. The van der Waals surface area contributed by atoms with Crippen LogP contribution in [0.2, 0.25) is 0 Å². The van der Waals surface area contributed by atoms with Crippen molar-refractivity contribution in [2.24, 2.45) is 5.73 Å². The molecule has 0 unspecified atom stereocenters. The predicted molar refractivity (Wildman–Crippen MR) is 182 cm³/mol. The maximum absolute atomic E-state index is 13.5. The Morgan fingerprint density at radius 2 is 1.76 bits per heavy atom. The van der Waals surface area contributed by atoms with Gasteiger partial charge in [-0.2, -0.15) is 0 Å². The van der Waals surface area contributed by atoms with Crippen molar-refractivity contribution in [2.75, 3.05) is 39.4 Å². The third-order valence-electron chi connectivity index (χ3n) is 8.46. The molecule has 1 aromatic carbocycles. The SMILES string of the molecule is NCCOCCNC(=O)[C@@H]1CCNC(=O)/C=C/C(=O)N2CCCC[C@H]2CC(=O)N[C@@H](Cc2ccco2)C(=O)NCc2ccccc2CC(=O)N1. The number of carbonyl (C=O) groups excluding carboxylic acids is 6. The van der Waals surface area contributed by atoms with E-state index in [1.165, 1.54) is 6.26 Å². The largest absolute Gasteiger partial charge is 0.469 e. The van der Waals surface area contributed by atoms with Gasteiger partial charge in [-0.05, 0) is 48.9 Å². The smallest absolute Gasteiger partial charge is 0.247 e. The molecule has 0 bridgehead atoms. The van der Waals surface area contributed by atoms with Crippen LogP contribution in [0.5, 0.6) is 0 Å². The number of nitrogens with zero attached hydrogens (tertiary/aromatic N) is 1. The summed E-state index contributed by atoms with van der Waals surface area (Å²) in [5.74, 6) is -2.20. The second kappa shape index (κ2) is 19.8. The second-order valence-corrected chi connectivity index (χ2v) is 12.2. The topological polar surface area (TPSA) is 214 Å². The number of amides is 6. The van der Waals surface area contributed by atoms with Crippen molar-refractivity contribution < 1.29 is 37.9 Å². The van der Waals surface area contributed by atoms with E-state index >= 15 is 0 Å². The van der Waals surface area contributed by atoms with Crippen molar-refractivity contribution in [2.45, 2.75) is 69.6 Å². The average molecular weight is 694 g/mol. The third-order valence-corrected chi connectivity index (χ3v) is 8.46. The minimum atomic E-state index is -0.979. The van der Waals surface area contributed by atoms with E-state index in [-0.39, 0.29) is 51.9 Å². The first-order valence-electron chi connectivity index (χ1n) is 17.0. The molecule has 15 nitrogen and oxygen atoms in total. The van der Waals surface area contributed by atoms with Crippen LogP contribution in [0, 0.1) is 0 Å². The van der Waals surface area contributed by atoms with Crippen molar-refractivity contribution in [1.29, 1.82) is 0 Å². The number of nitrogens with two attached hydrogens (primary N) is 1. The molecule has 0 spiro atoms. The molecule has 7 N–H and O–H groups in total. The first kappa shape index (κ1) is 37.8. The van der Waals surface area contributed by atoms with Gasteiger partial charge < -0.3 is 46.4 Å². The Hall–Kier alpha value is -5.02. The number of rotatable bonds is 8. The van der Waals surface area contributed by atoms with E-state index in [9.17, 15) is 28.8 Å². The van der Waals surface area contributed by atoms with Crippen LogP contribution in [0.4, 0.5) is 0 Å². The molecule has 6 amide bonds. The van der Waals surface area contributed by atoms with E-state index in [1.807, 2.05) is 0 Å². The molecule has 0 saturated carbocycles. The molecule has 0 radical (unpaired) electrons. The Kier molecular flexibility index (Phi) is 15.0. The van der Waals surface area contributed by atoms with Crippen LogP contribution in [0.3, 0.4) is 0 Å². The van der Waals surface area contributed by atoms with Gasteiger partial charge in [-0.3, -0.25) is 28.8 Å². The van der Waals surface area contributed by atoms with Crippen LogP contribution in [0.25, 0.3) is 0 Å². The number of benzene rings is 1. The average Bonchev–Trinajstić information content (AvgIpc) is 3.62. The first-order chi connectivity index (χ1) is 24.2. The fraction of sp³-hybridized carbons (Fsp3) is 0.486. The third kappa shape index (κ3) is 12.1. The monoisotopic (exact) mass is 693 g/mol. The van der Waals surface area contributed by atoms with Crippen molar-refractivity contribution >= 4 is 35.4 Å². The van der Waals surface area contributed by atoms with Gasteiger partial charge in [-0.15, -0.1) is 0 Å². The lowest BCUT2D eigenvalue weighted by molar-refractivity contribution is -0.133. The van der Waals surface area contributed by atoms with Gasteiger partial charge >= 0.3 is 0 Å². The molecule has 3 atom stereocenters. The molecule has 1 saturated heterocycles. The highest BCUT2D eigenvalue weighted by Gasteiger charge is 2.30. The Morgan fingerprint density at radius 1 is 0.940 bits per heavy atom. The summed E-state index contributed by atoms with van der Waals surface area (Å²) in [7, 11) is 0. The number of hydrogen-bond acceptors (Lipinski definition) is 9. The zero-order valence-electron chi connectivity index (χ0n) is 28.1. The van der Waals surface area contributed by atoms with Crippen LogP contribution >= 0.6 is 0 Å². The van der Waals surface area contributed by atoms with E-state index in [0.29, 0.717) is 43.0 Å². The zero-order valence-corrected chi connectivity index (χ0v) is 28.1. The van der Waals surface area contributed by atoms with E-state index in [0.717, 1.165) is 25.0 Å². The van der Waals surface area contributed by atoms with Gasteiger partial charge in [-0.25, -0.2) is 0 Å². The first-order valence-corrected chi connectivity index (χ1v) is 17.0. The molecule has 2 aliphatic rings. The molecule has 0 aliphatic carbocycles. The quantitative estimate of drug-likeness (QED) is 0.198. The minimum Gasteiger partial charge on any atom is -0.469 e. The number of nitrogens with one attached hydrogen (secondary N) is 5. The van der Waals surface area contributed by atoms with Crippen molar-refractivity contribution in [1.82, 2.24) is 31.5 Å². The van der Waals surface area contributed by atoms with Crippen LogP contribution < -0.4 is 32.3 Å². The molecule has 2 aromatic rings. The Bertz CT molecular complexity index is 1500. The lowest BCUT2D eigenvalue weighted by atomic mass is 9.98. The summed E-state index contributed by atoms with van der Waals surface area (Å²) in [6.07, 6.45) is 6.01. The van der Waals surface area contributed by atoms with E-state index < -0.39 is 53.6 Å². The van der Waals surface area contributed by atoms with Crippen molar-refractivity contribution in [3.63, 3.8) is 0 Å². The maximum Gasteiger partial charge on any atom is 0.247 e. The van der Waals surface area contributed by atoms with Crippen LogP contribution in [-0.4, -0.2) is 97.9 Å². The number of furan rings is 1. The zero-order chi connectivity index (χ0) is 35.7. The molecule has 50 heavy (non-hydrogen) atoms. The highest BCUT2D eigenvalue weighted by Crippen LogP contribution is 2.20. The number of fused-ring (bicyclic) bond motifs is 2. The molecule has 2 aliphatic heterocycles. The van der Waals surface area contributed by atoms with Crippen LogP contribution in [0.15, 0.2) is 59.2 Å². The number of carbonyl (C=O) groups is 6. The molecule has 3 heterocycles. The number of hydrogen-bond donors (Lipinski definition) is 6. The summed E-state index contributed by atoms with van der Waals surface area (Å²) in [5, 5.41) is 13.9. The van der Waals surface area contributed by atoms with Crippen molar-refractivity contribution in [3.05, 3.63) is 71.7 Å². The van der Waals surface area contributed by atoms with E-state index in [4.69, 9.17) is 14.9 Å². The summed E-state index contributed by atoms with van der Waals surface area (Å²) in [5.41, 5.74) is 6.74. The van der Waals surface area contributed by atoms with Gasteiger partial charge in [0, 0.05) is 63.8 Å². The number of piperidine rings is 1. The summed E-state index contributed by atoms with van der Waals surface area (Å²) in [6, 6.07) is 8.13. The summed E-state index contributed by atoms with van der Waals surface area (Å²) in [6.45, 7) is 1.66. The fourth-order valence-electron chi connectivity index (χ4n) is 5.90.